The fourth-order valence-corrected chi connectivity index (χ4v) is 182. The standard InChI is InChI=1S/2C18H16As.2ClH.Pt/c2*1-4-10-16(11-5-1)19(17-12-6-2-7-13-17)18-14-8-3-9-15-18;;;/h2*1-15,19H;2*1H;/q2*+1;;;/p-2. The Hall–Kier alpha value is -2.29. The summed E-state index contributed by atoms with van der Waals surface area (Å²) in [6.45, 7) is 0. The molecule has 0 saturated carbocycles. The van der Waals surface area contributed by atoms with Crippen molar-refractivity contribution >= 4 is 66.6 Å². The Bertz CT molecular complexity index is 1360. The Kier molecular flexibility index (Phi) is 8.79. The van der Waals surface area contributed by atoms with E-state index in [0.717, 1.165) is 0 Å². The zero-order valence-electron chi connectivity index (χ0n) is 22.4. The minimum atomic E-state index is -4.07. The van der Waals surface area contributed by atoms with Gasteiger partial charge in [-0.05, 0) is 0 Å². The SMILES string of the molecule is [Cl][Pt]([Cl])([AsH](c1ccccc1)(c1ccccc1)c1ccccc1)[AsH](c1ccccc1)(c1ccccc1)c1ccccc1. The van der Waals surface area contributed by atoms with Crippen LogP contribution in [-0.4, -0.2) is 21.7 Å². The van der Waals surface area contributed by atoms with E-state index in [2.05, 4.69) is 182 Å². The maximum absolute atomic E-state index is 8.70. The number of halogens is 2. The van der Waals surface area contributed by atoms with Crippen molar-refractivity contribution in [2.24, 2.45) is 0 Å². The topological polar surface area (TPSA) is 0 Å². The van der Waals surface area contributed by atoms with Crippen molar-refractivity contribution in [2.45, 2.75) is 0 Å². The van der Waals surface area contributed by atoms with Crippen LogP contribution in [0.25, 0.3) is 0 Å². The molecule has 0 radical (unpaired) electrons. The van der Waals surface area contributed by atoms with Gasteiger partial charge in [0.2, 0.25) is 0 Å². The first-order valence-electron chi connectivity index (χ1n) is 13.5. The van der Waals surface area contributed by atoms with Crippen LogP contribution in [0.15, 0.2) is 182 Å². The molecule has 0 bridgehead atoms. The first kappa shape index (κ1) is 28.8. The van der Waals surface area contributed by atoms with Gasteiger partial charge in [-0.2, -0.15) is 0 Å². The van der Waals surface area contributed by atoms with Crippen LogP contribution in [0.1, 0.15) is 0 Å². The van der Waals surface area contributed by atoms with Crippen LogP contribution in [0, 0.1) is 0 Å². The summed E-state index contributed by atoms with van der Waals surface area (Å²) in [6.07, 6.45) is 0. The van der Waals surface area contributed by atoms with Crippen LogP contribution in [0.5, 0.6) is 0 Å². The number of rotatable bonds is 8. The number of hydrogen-bond acceptors (Lipinski definition) is 0. The molecule has 0 N–H and O–H groups in total. The fourth-order valence-electron chi connectivity index (χ4n) is 5.81. The molecule has 0 nitrogen and oxygen atoms in total. The van der Waals surface area contributed by atoms with Gasteiger partial charge in [0.1, 0.15) is 0 Å². The Morgan fingerprint density at radius 3 is 0.561 bits per heavy atom. The molecule has 0 heterocycles. The average molecular weight is 880 g/mol. The molecule has 6 aromatic rings. The number of hydrogen-bond donors (Lipinski definition) is 0. The molecule has 0 amide bonds. The van der Waals surface area contributed by atoms with Crippen molar-refractivity contribution in [3.63, 3.8) is 0 Å². The van der Waals surface area contributed by atoms with E-state index in [1.165, 1.54) is 26.1 Å². The van der Waals surface area contributed by atoms with Crippen LogP contribution in [0.2, 0.25) is 0 Å². The predicted octanol–water partition coefficient (Wildman–Crippen LogP) is 5.25. The monoisotopic (exact) mass is 879 g/mol. The molecule has 0 saturated heterocycles. The van der Waals surface area contributed by atoms with E-state index in [9.17, 15) is 0 Å². The van der Waals surface area contributed by atoms with Gasteiger partial charge in [-0.15, -0.1) is 0 Å². The van der Waals surface area contributed by atoms with Crippen molar-refractivity contribution in [1.29, 1.82) is 0 Å². The van der Waals surface area contributed by atoms with Gasteiger partial charge in [0.05, 0.1) is 0 Å². The molecule has 0 unspecified atom stereocenters. The van der Waals surface area contributed by atoms with E-state index in [1.54, 1.807) is 0 Å². The van der Waals surface area contributed by atoms with Gasteiger partial charge in [0, 0.05) is 0 Å². The Labute approximate surface area is 255 Å². The van der Waals surface area contributed by atoms with Crippen LogP contribution in [-0.2, 0) is 9.42 Å². The molecule has 6 rings (SSSR count). The summed E-state index contributed by atoms with van der Waals surface area (Å²) in [5.41, 5.74) is 0. The second-order valence-corrected chi connectivity index (χ2v) is 90.8. The normalized spacial score (nSPS) is 13.3. The molecule has 6 aromatic carbocycles. The summed E-state index contributed by atoms with van der Waals surface area (Å²) < 4.78 is 7.94. The summed E-state index contributed by atoms with van der Waals surface area (Å²) in [5.74, 6) is 0. The molecular formula is C36H32As2Cl2Pt. The van der Waals surface area contributed by atoms with E-state index in [4.69, 9.17) is 18.8 Å². The third-order valence-corrected chi connectivity index (χ3v) is 139. The summed E-state index contributed by atoms with van der Waals surface area (Å²) in [5, 5.41) is 0. The Morgan fingerprint density at radius 1 is 0.268 bits per heavy atom. The molecule has 0 aliphatic heterocycles. The first-order valence-corrected chi connectivity index (χ1v) is 38.6. The maximum atomic E-state index is 8.70. The number of benzene rings is 6. The van der Waals surface area contributed by atoms with Gasteiger partial charge in [-0.1, -0.05) is 0 Å². The molecule has 0 aromatic heterocycles. The van der Waals surface area contributed by atoms with Crippen LogP contribution >= 0.6 is 18.8 Å². The first-order chi connectivity index (χ1) is 20.1. The van der Waals surface area contributed by atoms with E-state index in [1.807, 2.05) is 0 Å². The van der Waals surface area contributed by atoms with Crippen molar-refractivity contribution in [2.75, 3.05) is 0 Å². The van der Waals surface area contributed by atoms with Crippen LogP contribution in [0.4, 0.5) is 0 Å². The van der Waals surface area contributed by atoms with Crippen molar-refractivity contribution in [3.05, 3.63) is 182 Å². The molecule has 5 heteroatoms. The molecule has 0 spiro atoms. The summed E-state index contributed by atoms with van der Waals surface area (Å²) in [7, 11) is 5.64. The van der Waals surface area contributed by atoms with Crippen LogP contribution in [0.3, 0.4) is 0 Å². The average Bonchev–Trinajstić information content (AvgIpc) is 3.05. The van der Waals surface area contributed by atoms with Crippen molar-refractivity contribution in [3.8, 4) is 0 Å². The van der Waals surface area contributed by atoms with Gasteiger partial charge >= 0.3 is 258 Å². The fraction of sp³-hybridized carbons (Fsp3) is 0. The van der Waals surface area contributed by atoms with Gasteiger partial charge in [0.25, 0.3) is 0 Å². The predicted molar refractivity (Wildman–Crippen MR) is 182 cm³/mol. The second-order valence-electron chi connectivity index (χ2n) is 9.78. The van der Waals surface area contributed by atoms with Crippen molar-refractivity contribution in [1.82, 2.24) is 0 Å². The van der Waals surface area contributed by atoms with Gasteiger partial charge in [0.15, 0.2) is 0 Å². The molecule has 210 valence electrons. The zero-order chi connectivity index (χ0) is 28.2. The van der Waals surface area contributed by atoms with Crippen molar-refractivity contribution < 1.29 is 9.42 Å². The quantitative estimate of drug-likeness (QED) is 0.184. The molecule has 41 heavy (non-hydrogen) atoms. The second kappa shape index (κ2) is 12.5. The minimum absolute atomic E-state index is 1.32. The molecular weight excluding hydrogens is 848 g/mol. The molecule has 0 atom stereocenters. The van der Waals surface area contributed by atoms with E-state index < -0.39 is 31.1 Å². The van der Waals surface area contributed by atoms with E-state index in [-0.39, 0.29) is 0 Å². The van der Waals surface area contributed by atoms with Gasteiger partial charge in [-0.3, -0.25) is 0 Å². The third kappa shape index (κ3) is 4.84. The third-order valence-electron chi connectivity index (χ3n) is 7.52. The molecule has 0 fully saturated rings. The zero-order valence-corrected chi connectivity index (χ0v) is 30.4. The summed E-state index contributed by atoms with van der Waals surface area (Å²) >= 11 is 0. The summed E-state index contributed by atoms with van der Waals surface area (Å²) in [6, 6.07) is 66.2. The summed E-state index contributed by atoms with van der Waals surface area (Å²) in [4.78, 5) is 0. The van der Waals surface area contributed by atoms with E-state index in [0.29, 0.717) is 0 Å². The van der Waals surface area contributed by atoms with Crippen LogP contribution < -0.4 is 26.1 Å². The van der Waals surface area contributed by atoms with Gasteiger partial charge < -0.3 is 0 Å². The molecule has 0 aliphatic rings. The Morgan fingerprint density at radius 2 is 0.415 bits per heavy atom. The molecule has 0 aliphatic carbocycles. The van der Waals surface area contributed by atoms with Gasteiger partial charge in [-0.25, -0.2) is 0 Å². The van der Waals surface area contributed by atoms with E-state index >= 15 is 0 Å². The Balaban J connectivity index is 1.86.